The molecule has 0 fully saturated rings. The first-order chi connectivity index (χ1) is 8.63. The summed E-state index contributed by atoms with van der Waals surface area (Å²) in [6.07, 6.45) is 5.91. The minimum Gasteiger partial charge on any atom is -0.341 e. The predicted molar refractivity (Wildman–Crippen MR) is 66.2 cm³/mol. The van der Waals surface area contributed by atoms with Crippen molar-refractivity contribution in [1.82, 2.24) is 20.2 Å². The van der Waals surface area contributed by atoms with Gasteiger partial charge in [0.05, 0.1) is 12.0 Å². The molecule has 18 heavy (non-hydrogen) atoms. The van der Waals surface area contributed by atoms with Gasteiger partial charge >= 0.3 is 6.03 Å². The van der Waals surface area contributed by atoms with Crippen molar-refractivity contribution in [2.45, 2.75) is 38.6 Å². The van der Waals surface area contributed by atoms with Crippen molar-refractivity contribution in [3.05, 3.63) is 17.7 Å². The number of fused-ring (bicyclic) bond motifs is 1. The van der Waals surface area contributed by atoms with Crippen LogP contribution >= 0.6 is 0 Å². The van der Waals surface area contributed by atoms with Gasteiger partial charge in [0, 0.05) is 12.7 Å². The Morgan fingerprint density at radius 1 is 1.39 bits per heavy atom. The van der Waals surface area contributed by atoms with Gasteiger partial charge in [-0.05, 0) is 32.6 Å². The number of nitrogens with zero attached hydrogens (tertiary/aromatic N) is 2. The van der Waals surface area contributed by atoms with E-state index in [-0.39, 0.29) is 5.91 Å². The van der Waals surface area contributed by atoms with Gasteiger partial charge in [-0.25, -0.2) is 9.78 Å². The molecule has 3 amide bonds. The Morgan fingerprint density at radius 2 is 2.11 bits per heavy atom. The molecule has 1 aliphatic carbocycles. The molecule has 1 aliphatic rings. The van der Waals surface area contributed by atoms with E-state index in [1.807, 2.05) is 4.57 Å². The second-order valence-electron chi connectivity index (χ2n) is 4.50. The van der Waals surface area contributed by atoms with E-state index >= 15 is 0 Å². The molecule has 1 heterocycles. The highest BCUT2D eigenvalue weighted by Gasteiger charge is 2.23. The molecule has 1 unspecified atom stereocenters. The van der Waals surface area contributed by atoms with Crippen LogP contribution in [-0.2, 0) is 17.6 Å². The molecule has 0 radical (unpaired) electrons. The topological polar surface area (TPSA) is 76.0 Å². The maximum Gasteiger partial charge on any atom is 0.321 e. The van der Waals surface area contributed by atoms with Crippen LogP contribution in [0, 0.1) is 0 Å². The van der Waals surface area contributed by atoms with Gasteiger partial charge in [0.1, 0.15) is 6.04 Å². The summed E-state index contributed by atoms with van der Waals surface area (Å²) in [4.78, 5) is 27.3. The third kappa shape index (κ3) is 2.37. The molecule has 1 aromatic rings. The van der Waals surface area contributed by atoms with Crippen molar-refractivity contribution in [3.8, 4) is 0 Å². The molecule has 0 saturated heterocycles. The molecule has 0 aliphatic heterocycles. The van der Waals surface area contributed by atoms with Crippen molar-refractivity contribution >= 4 is 11.9 Å². The summed E-state index contributed by atoms with van der Waals surface area (Å²) in [6, 6.07) is -0.905. The summed E-state index contributed by atoms with van der Waals surface area (Å²) in [5.74, 6) is -0.319. The molecule has 6 heteroatoms. The molecule has 98 valence electrons. The smallest absolute Gasteiger partial charge is 0.321 e. The van der Waals surface area contributed by atoms with Crippen LogP contribution in [0.3, 0.4) is 0 Å². The number of aromatic nitrogens is 2. The lowest BCUT2D eigenvalue weighted by molar-refractivity contribution is -0.122. The number of imidazole rings is 1. The summed E-state index contributed by atoms with van der Waals surface area (Å²) in [7, 11) is 1.48. The number of hydrogen-bond acceptors (Lipinski definition) is 3. The van der Waals surface area contributed by atoms with Crippen molar-refractivity contribution in [3.63, 3.8) is 0 Å². The summed E-state index contributed by atoms with van der Waals surface area (Å²) in [5, 5.41) is 4.65. The number of hydrogen-bond donors (Lipinski definition) is 2. The van der Waals surface area contributed by atoms with Crippen LogP contribution < -0.4 is 10.6 Å². The Balaban J connectivity index is 2.13. The zero-order valence-corrected chi connectivity index (χ0v) is 10.7. The zero-order valence-electron chi connectivity index (χ0n) is 10.7. The van der Waals surface area contributed by atoms with Gasteiger partial charge in [0.25, 0.3) is 5.91 Å². The quantitative estimate of drug-likeness (QED) is 0.814. The van der Waals surface area contributed by atoms with E-state index in [2.05, 4.69) is 15.6 Å². The standard InChI is InChI=1S/C12H18N4O2/c1-8(11(17)15-12(18)13-2)16-7-14-9-5-3-4-6-10(9)16/h7-8H,3-6H2,1-2H3,(H2,13,15,17,18). The Labute approximate surface area is 106 Å². The third-order valence-corrected chi connectivity index (χ3v) is 3.32. The average Bonchev–Trinajstić information content (AvgIpc) is 2.81. The first-order valence-corrected chi connectivity index (χ1v) is 6.20. The number of urea groups is 1. The van der Waals surface area contributed by atoms with Crippen LogP contribution in [0.4, 0.5) is 4.79 Å². The molecule has 0 bridgehead atoms. The number of carbonyl (C=O) groups is 2. The molecular weight excluding hydrogens is 232 g/mol. The molecule has 6 nitrogen and oxygen atoms in total. The molecule has 0 saturated carbocycles. The second kappa shape index (κ2) is 5.20. The van der Waals surface area contributed by atoms with Gasteiger partial charge in [0.2, 0.25) is 0 Å². The highest BCUT2D eigenvalue weighted by Crippen LogP contribution is 2.22. The summed E-state index contributed by atoms with van der Waals surface area (Å²) in [5.41, 5.74) is 2.21. The normalized spacial score (nSPS) is 15.7. The van der Waals surface area contributed by atoms with Gasteiger partial charge in [-0.3, -0.25) is 10.1 Å². The van der Waals surface area contributed by atoms with Crippen molar-refractivity contribution < 1.29 is 9.59 Å². The minimum absolute atomic E-state index is 0.319. The van der Waals surface area contributed by atoms with E-state index in [4.69, 9.17) is 0 Å². The van der Waals surface area contributed by atoms with Crippen LogP contribution in [0.5, 0.6) is 0 Å². The number of amides is 3. The highest BCUT2D eigenvalue weighted by molar-refractivity contribution is 5.95. The SMILES string of the molecule is CNC(=O)NC(=O)C(C)n1cnc2c1CCCC2. The fraction of sp³-hybridized carbons (Fsp3) is 0.583. The van der Waals surface area contributed by atoms with Crippen LogP contribution in [0.1, 0.15) is 37.2 Å². The summed E-state index contributed by atoms with van der Waals surface area (Å²) in [6.45, 7) is 1.77. The molecular formula is C12H18N4O2. The van der Waals surface area contributed by atoms with Gasteiger partial charge in [-0.15, -0.1) is 0 Å². The zero-order chi connectivity index (χ0) is 13.1. The Morgan fingerprint density at radius 3 is 2.83 bits per heavy atom. The van der Waals surface area contributed by atoms with E-state index < -0.39 is 12.1 Å². The highest BCUT2D eigenvalue weighted by atomic mass is 16.2. The number of imide groups is 1. The van der Waals surface area contributed by atoms with Crippen molar-refractivity contribution in [2.24, 2.45) is 0 Å². The molecule has 1 aromatic heterocycles. The third-order valence-electron chi connectivity index (χ3n) is 3.32. The van der Waals surface area contributed by atoms with Crippen LogP contribution in [0.2, 0.25) is 0 Å². The van der Waals surface area contributed by atoms with Gasteiger partial charge in [-0.2, -0.15) is 0 Å². The fourth-order valence-electron chi connectivity index (χ4n) is 2.23. The van der Waals surface area contributed by atoms with Crippen LogP contribution in [0.15, 0.2) is 6.33 Å². The maximum absolute atomic E-state index is 11.9. The Hall–Kier alpha value is -1.85. The van der Waals surface area contributed by atoms with Crippen LogP contribution in [0.25, 0.3) is 0 Å². The average molecular weight is 250 g/mol. The molecule has 2 N–H and O–H groups in total. The summed E-state index contributed by atoms with van der Waals surface area (Å²) >= 11 is 0. The number of carbonyl (C=O) groups excluding carboxylic acids is 2. The van der Waals surface area contributed by atoms with E-state index in [9.17, 15) is 9.59 Å². The van der Waals surface area contributed by atoms with E-state index in [1.165, 1.54) is 7.05 Å². The Bertz CT molecular complexity index is 467. The van der Waals surface area contributed by atoms with Crippen molar-refractivity contribution in [1.29, 1.82) is 0 Å². The molecule has 0 spiro atoms. The lowest BCUT2D eigenvalue weighted by Gasteiger charge is -2.18. The Kier molecular flexibility index (Phi) is 3.64. The fourth-order valence-corrected chi connectivity index (χ4v) is 2.23. The lowest BCUT2D eigenvalue weighted by atomic mass is 10.0. The number of aryl methyl sites for hydroxylation is 1. The molecule has 2 rings (SSSR count). The van der Waals surface area contributed by atoms with E-state index in [0.29, 0.717) is 0 Å². The summed E-state index contributed by atoms with van der Waals surface area (Å²) < 4.78 is 1.87. The number of rotatable bonds is 2. The lowest BCUT2D eigenvalue weighted by Crippen LogP contribution is -2.41. The van der Waals surface area contributed by atoms with E-state index in [0.717, 1.165) is 37.1 Å². The van der Waals surface area contributed by atoms with E-state index in [1.54, 1.807) is 13.3 Å². The van der Waals surface area contributed by atoms with Crippen molar-refractivity contribution in [2.75, 3.05) is 7.05 Å². The van der Waals surface area contributed by atoms with Gasteiger partial charge in [0.15, 0.2) is 0 Å². The number of nitrogens with one attached hydrogen (secondary N) is 2. The van der Waals surface area contributed by atoms with Gasteiger partial charge in [-0.1, -0.05) is 0 Å². The monoisotopic (exact) mass is 250 g/mol. The molecule has 1 atom stereocenters. The largest absolute Gasteiger partial charge is 0.341 e. The van der Waals surface area contributed by atoms with Crippen LogP contribution in [-0.4, -0.2) is 28.5 Å². The first kappa shape index (κ1) is 12.6. The molecule has 0 aromatic carbocycles. The minimum atomic E-state index is -0.485. The maximum atomic E-state index is 11.9. The first-order valence-electron chi connectivity index (χ1n) is 6.20. The second-order valence-corrected chi connectivity index (χ2v) is 4.50. The predicted octanol–water partition coefficient (Wildman–Crippen LogP) is 0.778. The van der Waals surface area contributed by atoms with Gasteiger partial charge < -0.3 is 9.88 Å².